The summed E-state index contributed by atoms with van der Waals surface area (Å²) < 4.78 is 12.8. The molecule has 0 spiro atoms. The van der Waals surface area contributed by atoms with Gasteiger partial charge < -0.3 is 0 Å². The lowest BCUT2D eigenvalue weighted by Gasteiger charge is -2.00. The predicted molar refractivity (Wildman–Crippen MR) is 59.0 cm³/mol. The summed E-state index contributed by atoms with van der Waals surface area (Å²) in [5.74, 6) is -1.07. The van der Waals surface area contributed by atoms with E-state index in [1.807, 2.05) is 6.92 Å². The number of nitrogens with zero attached hydrogens (tertiary/aromatic N) is 2. The molecule has 0 radical (unpaired) electrons. The summed E-state index contributed by atoms with van der Waals surface area (Å²) in [6, 6.07) is 2.52. The van der Waals surface area contributed by atoms with Crippen molar-refractivity contribution in [3.8, 4) is 0 Å². The lowest BCUT2D eigenvalue weighted by atomic mass is 10.2. The highest BCUT2D eigenvalue weighted by Crippen LogP contribution is 2.17. The number of carbonyl (C=O) groups excluding carboxylic acids is 1. The lowest BCUT2D eigenvalue weighted by Crippen LogP contribution is -2.12. The van der Waals surface area contributed by atoms with Gasteiger partial charge in [-0.05, 0) is 13.0 Å². The van der Waals surface area contributed by atoms with E-state index in [1.165, 1.54) is 23.6 Å². The molecule has 16 heavy (non-hydrogen) atoms. The first-order chi connectivity index (χ1) is 7.65. The van der Waals surface area contributed by atoms with Gasteiger partial charge in [-0.25, -0.2) is 9.97 Å². The van der Waals surface area contributed by atoms with Gasteiger partial charge in [0.1, 0.15) is 0 Å². The second-order valence-corrected chi connectivity index (χ2v) is 4.33. The zero-order valence-corrected chi connectivity index (χ0v) is 9.21. The van der Waals surface area contributed by atoms with Gasteiger partial charge in [-0.3, -0.25) is 10.1 Å². The number of amides is 1. The molecule has 1 amide bonds. The molecule has 0 saturated heterocycles. The smallest absolute Gasteiger partial charge is 0.257 e. The molecule has 2 aromatic rings. The van der Waals surface area contributed by atoms with Crippen molar-refractivity contribution in [1.82, 2.24) is 9.97 Å². The van der Waals surface area contributed by atoms with Crippen LogP contribution in [0.15, 0.2) is 24.5 Å². The highest BCUT2D eigenvalue weighted by atomic mass is 32.1. The number of hydrogen-bond acceptors (Lipinski definition) is 4. The predicted octanol–water partition coefficient (Wildman–Crippen LogP) is 2.24. The Bertz CT molecular complexity index is 526. The fraction of sp³-hybridized carbons (Fsp3) is 0.100. The minimum absolute atomic E-state index is 0.223. The molecule has 0 aliphatic rings. The highest BCUT2D eigenvalue weighted by molar-refractivity contribution is 7.15. The number of pyridine rings is 1. The maximum Gasteiger partial charge on any atom is 0.257 e. The first kappa shape index (κ1) is 10.7. The third kappa shape index (κ3) is 2.40. The molecule has 6 heteroatoms. The minimum atomic E-state index is -0.678. The van der Waals surface area contributed by atoms with Crippen LogP contribution >= 0.6 is 11.3 Å². The molecular formula is C10H8FN3OS. The Morgan fingerprint density at radius 2 is 2.31 bits per heavy atom. The summed E-state index contributed by atoms with van der Waals surface area (Å²) in [5.41, 5.74) is 0.223. The quantitative estimate of drug-likeness (QED) is 0.815. The lowest BCUT2D eigenvalue weighted by molar-refractivity contribution is 0.102. The van der Waals surface area contributed by atoms with E-state index in [0.717, 1.165) is 10.9 Å². The van der Waals surface area contributed by atoms with Crippen molar-refractivity contribution in [3.63, 3.8) is 0 Å². The van der Waals surface area contributed by atoms with Gasteiger partial charge in [-0.2, -0.15) is 4.39 Å². The Kier molecular flexibility index (Phi) is 2.91. The number of aromatic nitrogens is 2. The van der Waals surface area contributed by atoms with Gasteiger partial charge in [0.05, 0.1) is 0 Å². The fourth-order valence-corrected chi connectivity index (χ4v) is 1.79. The van der Waals surface area contributed by atoms with Crippen molar-refractivity contribution in [1.29, 1.82) is 0 Å². The summed E-state index contributed by atoms with van der Waals surface area (Å²) in [6.07, 6.45) is 2.91. The van der Waals surface area contributed by atoms with E-state index < -0.39 is 11.9 Å². The van der Waals surface area contributed by atoms with Crippen LogP contribution in [0.1, 0.15) is 15.2 Å². The molecule has 0 saturated carbocycles. The molecule has 4 nitrogen and oxygen atoms in total. The van der Waals surface area contributed by atoms with Gasteiger partial charge in [0, 0.05) is 28.9 Å². The third-order valence-electron chi connectivity index (χ3n) is 1.83. The van der Waals surface area contributed by atoms with Crippen molar-refractivity contribution in [2.75, 3.05) is 5.32 Å². The molecular weight excluding hydrogens is 229 g/mol. The second kappa shape index (κ2) is 4.36. The van der Waals surface area contributed by atoms with Crippen molar-refractivity contribution < 1.29 is 9.18 Å². The van der Waals surface area contributed by atoms with Crippen molar-refractivity contribution in [3.05, 3.63) is 40.9 Å². The Morgan fingerprint density at radius 3 is 2.94 bits per heavy atom. The molecule has 0 unspecified atom stereocenters. The molecule has 0 aliphatic heterocycles. The van der Waals surface area contributed by atoms with E-state index >= 15 is 0 Å². The van der Waals surface area contributed by atoms with Crippen LogP contribution in [0.25, 0.3) is 0 Å². The number of thiazole rings is 1. The van der Waals surface area contributed by atoms with Crippen molar-refractivity contribution >= 4 is 22.4 Å². The number of anilines is 1. The third-order valence-corrected chi connectivity index (χ3v) is 2.66. The Labute approximate surface area is 95.2 Å². The van der Waals surface area contributed by atoms with Crippen LogP contribution in [-0.2, 0) is 0 Å². The summed E-state index contributed by atoms with van der Waals surface area (Å²) in [7, 11) is 0. The number of rotatable bonds is 2. The van der Waals surface area contributed by atoms with Gasteiger partial charge in [0.15, 0.2) is 5.13 Å². The molecule has 1 N–H and O–H groups in total. The van der Waals surface area contributed by atoms with E-state index in [4.69, 9.17) is 0 Å². The first-order valence-corrected chi connectivity index (χ1v) is 5.32. The van der Waals surface area contributed by atoms with E-state index in [0.29, 0.717) is 5.13 Å². The SMILES string of the molecule is Cc1cnc(NC(=O)c2ccnc(F)c2)s1. The minimum Gasteiger partial charge on any atom is -0.298 e. The Balaban J connectivity index is 2.14. The number of carbonyl (C=O) groups is 1. The van der Waals surface area contributed by atoms with Crippen LogP contribution in [0.2, 0.25) is 0 Å². The van der Waals surface area contributed by atoms with Gasteiger partial charge in [-0.15, -0.1) is 11.3 Å². The van der Waals surface area contributed by atoms with Gasteiger partial charge in [0.25, 0.3) is 5.91 Å². The largest absolute Gasteiger partial charge is 0.298 e. The maximum atomic E-state index is 12.8. The van der Waals surface area contributed by atoms with Crippen molar-refractivity contribution in [2.45, 2.75) is 6.92 Å². The van der Waals surface area contributed by atoms with E-state index in [2.05, 4.69) is 15.3 Å². The van der Waals surface area contributed by atoms with Gasteiger partial charge >= 0.3 is 0 Å². The topological polar surface area (TPSA) is 54.9 Å². The molecule has 0 aliphatic carbocycles. The molecule has 2 rings (SSSR count). The number of halogens is 1. The number of aryl methyl sites for hydroxylation is 1. The molecule has 0 fully saturated rings. The summed E-state index contributed by atoms with van der Waals surface area (Å²) in [5, 5.41) is 3.08. The molecule has 82 valence electrons. The van der Waals surface area contributed by atoms with Crippen LogP contribution < -0.4 is 5.32 Å². The van der Waals surface area contributed by atoms with Gasteiger partial charge in [0.2, 0.25) is 5.95 Å². The fourth-order valence-electron chi connectivity index (χ4n) is 1.13. The maximum absolute atomic E-state index is 12.8. The Hall–Kier alpha value is -1.82. The zero-order chi connectivity index (χ0) is 11.5. The van der Waals surface area contributed by atoms with Crippen LogP contribution in [0.3, 0.4) is 0 Å². The molecule has 0 atom stereocenters. The molecule has 2 heterocycles. The van der Waals surface area contributed by atoms with Gasteiger partial charge in [-0.1, -0.05) is 0 Å². The van der Waals surface area contributed by atoms with E-state index in [-0.39, 0.29) is 5.56 Å². The average Bonchev–Trinajstić information content (AvgIpc) is 2.64. The van der Waals surface area contributed by atoms with Crippen molar-refractivity contribution in [2.24, 2.45) is 0 Å². The van der Waals surface area contributed by atoms with Crippen LogP contribution in [0.4, 0.5) is 9.52 Å². The normalized spacial score (nSPS) is 10.1. The zero-order valence-electron chi connectivity index (χ0n) is 8.40. The standard InChI is InChI=1S/C10H8FN3OS/c1-6-5-13-10(16-6)14-9(15)7-2-3-12-8(11)4-7/h2-5H,1H3,(H,13,14,15). The summed E-state index contributed by atoms with van der Waals surface area (Å²) in [6.45, 7) is 1.89. The van der Waals surface area contributed by atoms with E-state index in [9.17, 15) is 9.18 Å². The summed E-state index contributed by atoms with van der Waals surface area (Å²) in [4.78, 5) is 20.0. The average molecular weight is 237 g/mol. The second-order valence-electron chi connectivity index (χ2n) is 3.10. The van der Waals surface area contributed by atoms with Crippen LogP contribution in [0.5, 0.6) is 0 Å². The molecule has 2 aromatic heterocycles. The highest BCUT2D eigenvalue weighted by Gasteiger charge is 2.09. The molecule has 0 bridgehead atoms. The summed E-state index contributed by atoms with van der Waals surface area (Å²) >= 11 is 1.36. The Morgan fingerprint density at radius 1 is 1.50 bits per heavy atom. The number of hydrogen-bond donors (Lipinski definition) is 1. The molecule has 0 aromatic carbocycles. The monoisotopic (exact) mass is 237 g/mol. The number of nitrogens with one attached hydrogen (secondary N) is 1. The first-order valence-electron chi connectivity index (χ1n) is 4.50. The van der Waals surface area contributed by atoms with Crippen LogP contribution in [0, 0.1) is 12.9 Å². The van der Waals surface area contributed by atoms with E-state index in [1.54, 1.807) is 6.20 Å². The van der Waals surface area contributed by atoms with Crippen LogP contribution in [-0.4, -0.2) is 15.9 Å².